The fourth-order valence-corrected chi connectivity index (χ4v) is 4.94. The molecule has 7 aromatic rings. The van der Waals surface area contributed by atoms with E-state index in [4.69, 9.17) is 4.98 Å². The molecule has 5 nitrogen and oxygen atoms in total. The number of hydrogen-bond donors (Lipinski definition) is 0. The lowest BCUT2D eigenvalue weighted by atomic mass is 10.0. The fourth-order valence-electron chi connectivity index (χ4n) is 4.94. The van der Waals surface area contributed by atoms with Gasteiger partial charge in [-0.05, 0) is 17.7 Å². The summed E-state index contributed by atoms with van der Waals surface area (Å²) in [6.07, 6.45) is 0. The van der Waals surface area contributed by atoms with Gasteiger partial charge in [0.25, 0.3) is 0 Å². The summed E-state index contributed by atoms with van der Waals surface area (Å²) in [5.41, 5.74) is 5.52. The maximum absolute atomic E-state index is 13.4. The average molecular weight is 438 g/mol. The third-order valence-corrected chi connectivity index (χ3v) is 6.37. The van der Waals surface area contributed by atoms with Crippen molar-refractivity contribution in [3.8, 4) is 22.5 Å². The summed E-state index contributed by atoms with van der Waals surface area (Å²) in [5.74, 6) is 0.965. The Kier molecular flexibility index (Phi) is 3.93. The molecule has 5 heteroatoms. The lowest BCUT2D eigenvalue weighted by molar-refractivity contribution is 0.940. The van der Waals surface area contributed by atoms with Gasteiger partial charge in [0, 0.05) is 21.9 Å². The molecule has 0 amide bonds. The van der Waals surface area contributed by atoms with E-state index in [-0.39, 0.29) is 5.69 Å². The van der Waals surface area contributed by atoms with Gasteiger partial charge < -0.3 is 0 Å². The molecule has 0 aliphatic rings. The van der Waals surface area contributed by atoms with Gasteiger partial charge in [-0.15, -0.1) is 0 Å². The number of fused-ring (bicyclic) bond motifs is 8. The molecule has 4 aromatic carbocycles. The second-order valence-corrected chi connectivity index (χ2v) is 8.29. The molecule has 0 aliphatic heterocycles. The highest BCUT2D eigenvalue weighted by atomic mass is 16.1. The molecule has 0 atom stereocenters. The Hall–Kier alpha value is -4.77. The summed E-state index contributed by atoms with van der Waals surface area (Å²) in [4.78, 5) is 22.8. The maximum Gasteiger partial charge on any atom is 0.357 e. The molecule has 0 saturated heterocycles. The van der Waals surface area contributed by atoms with Crippen molar-refractivity contribution in [3.05, 3.63) is 120 Å². The van der Waals surface area contributed by atoms with E-state index < -0.39 is 0 Å². The highest BCUT2D eigenvalue weighted by molar-refractivity contribution is 6.15. The largest absolute Gasteiger partial charge is 0.357 e. The molecule has 0 aliphatic carbocycles. The first-order valence-corrected chi connectivity index (χ1v) is 11.2. The van der Waals surface area contributed by atoms with E-state index in [0.29, 0.717) is 11.6 Å². The van der Waals surface area contributed by atoms with Crippen LogP contribution in [-0.4, -0.2) is 18.8 Å². The minimum Gasteiger partial charge on any atom is -0.278 e. The van der Waals surface area contributed by atoms with Crippen molar-refractivity contribution >= 4 is 33.1 Å². The monoisotopic (exact) mass is 438 g/mol. The summed E-state index contributed by atoms with van der Waals surface area (Å²) >= 11 is 0. The molecule has 0 spiro atoms. The summed E-state index contributed by atoms with van der Waals surface area (Å²) in [7, 11) is 0. The molecular weight excluding hydrogens is 420 g/mol. The standard InChI is InChI=1S/C29H18N4O/c34-29-31-27(20-13-5-2-6-14-20)30-28-32-23-17-9-7-15-21(23)25(19-11-3-1-4-12-19)26(32)22-16-8-10-18-24(22)33(28)29/h1-18H. The lowest BCUT2D eigenvalue weighted by Crippen LogP contribution is -2.22. The number of rotatable bonds is 2. The second kappa shape index (κ2) is 7.12. The van der Waals surface area contributed by atoms with Gasteiger partial charge in [0.2, 0.25) is 5.78 Å². The van der Waals surface area contributed by atoms with Crippen LogP contribution in [0.2, 0.25) is 0 Å². The predicted octanol–water partition coefficient (Wildman–Crippen LogP) is 5.98. The highest BCUT2D eigenvalue weighted by Crippen LogP contribution is 2.39. The van der Waals surface area contributed by atoms with Crippen molar-refractivity contribution in [3.63, 3.8) is 0 Å². The predicted molar refractivity (Wildman–Crippen MR) is 136 cm³/mol. The van der Waals surface area contributed by atoms with Crippen LogP contribution in [-0.2, 0) is 0 Å². The Morgan fingerprint density at radius 1 is 0.529 bits per heavy atom. The summed E-state index contributed by atoms with van der Waals surface area (Å²) < 4.78 is 3.73. The van der Waals surface area contributed by atoms with Crippen LogP contribution >= 0.6 is 0 Å². The van der Waals surface area contributed by atoms with Crippen LogP contribution in [0.3, 0.4) is 0 Å². The first-order chi connectivity index (χ1) is 16.8. The van der Waals surface area contributed by atoms with Gasteiger partial charge in [-0.2, -0.15) is 9.97 Å². The molecule has 0 radical (unpaired) electrons. The van der Waals surface area contributed by atoms with E-state index in [1.54, 1.807) is 4.40 Å². The maximum atomic E-state index is 13.4. The van der Waals surface area contributed by atoms with Gasteiger partial charge >= 0.3 is 5.69 Å². The Morgan fingerprint density at radius 3 is 1.79 bits per heavy atom. The SMILES string of the molecule is O=c1nc(-c2ccccc2)nc2n1c1ccccc1c1c(-c3ccccc3)c3ccccc3n12. The molecule has 34 heavy (non-hydrogen) atoms. The van der Waals surface area contributed by atoms with Crippen molar-refractivity contribution in [2.24, 2.45) is 0 Å². The highest BCUT2D eigenvalue weighted by Gasteiger charge is 2.21. The molecular formula is C29H18N4O. The lowest BCUT2D eigenvalue weighted by Gasteiger charge is -2.12. The molecule has 0 bridgehead atoms. The van der Waals surface area contributed by atoms with E-state index in [0.717, 1.165) is 44.0 Å². The third-order valence-electron chi connectivity index (χ3n) is 6.37. The molecule has 0 N–H and O–H groups in total. The Labute approximate surface area is 194 Å². The van der Waals surface area contributed by atoms with Crippen molar-refractivity contribution < 1.29 is 0 Å². The van der Waals surface area contributed by atoms with Gasteiger partial charge in [-0.1, -0.05) is 97.1 Å². The zero-order chi connectivity index (χ0) is 22.6. The van der Waals surface area contributed by atoms with Gasteiger partial charge in [-0.25, -0.2) is 9.20 Å². The van der Waals surface area contributed by atoms with E-state index in [1.807, 2.05) is 60.7 Å². The third kappa shape index (κ3) is 2.58. The van der Waals surface area contributed by atoms with Crippen molar-refractivity contribution in [2.75, 3.05) is 0 Å². The Balaban J connectivity index is 1.79. The van der Waals surface area contributed by atoms with Crippen LogP contribution in [0.4, 0.5) is 0 Å². The zero-order valence-corrected chi connectivity index (χ0v) is 18.1. The van der Waals surface area contributed by atoms with Crippen LogP contribution in [0.25, 0.3) is 55.6 Å². The molecule has 160 valence electrons. The van der Waals surface area contributed by atoms with Gasteiger partial charge in [0.15, 0.2) is 5.82 Å². The number of hydrogen-bond acceptors (Lipinski definition) is 3. The van der Waals surface area contributed by atoms with E-state index in [1.165, 1.54) is 0 Å². The Bertz CT molecular complexity index is 1920. The van der Waals surface area contributed by atoms with Crippen molar-refractivity contribution in [2.45, 2.75) is 0 Å². The average Bonchev–Trinajstić information content (AvgIpc) is 3.25. The molecule has 3 aromatic heterocycles. The van der Waals surface area contributed by atoms with E-state index in [9.17, 15) is 4.79 Å². The number of aromatic nitrogens is 4. The fraction of sp³-hybridized carbons (Fsp3) is 0. The van der Waals surface area contributed by atoms with Crippen LogP contribution in [0.5, 0.6) is 0 Å². The normalized spacial score (nSPS) is 11.6. The zero-order valence-electron chi connectivity index (χ0n) is 18.1. The van der Waals surface area contributed by atoms with Gasteiger partial charge in [0.05, 0.1) is 16.6 Å². The Morgan fingerprint density at radius 2 is 1.09 bits per heavy atom. The van der Waals surface area contributed by atoms with E-state index >= 15 is 0 Å². The van der Waals surface area contributed by atoms with Crippen molar-refractivity contribution in [1.29, 1.82) is 0 Å². The molecule has 0 fully saturated rings. The van der Waals surface area contributed by atoms with Crippen LogP contribution < -0.4 is 5.69 Å². The first-order valence-electron chi connectivity index (χ1n) is 11.2. The van der Waals surface area contributed by atoms with Crippen LogP contribution in [0.1, 0.15) is 0 Å². The molecule has 7 rings (SSSR count). The minimum absolute atomic E-state index is 0.346. The van der Waals surface area contributed by atoms with Gasteiger partial charge in [-0.3, -0.25) is 4.40 Å². The van der Waals surface area contributed by atoms with Gasteiger partial charge in [0.1, 0.15) is 0 Å². The molecule has 0 saturated carbocycles. The number of benzene rings is 4. The smallest absolute Gasteiger partial charge is 0.278 e. The summed E-state index contributed by atoms with van der Waals surface area (Å²) in [6, 6.07) is 36.3. The quantitative estimate of drug-likeness (QED) is 0.312. The summed E-state index contributed by atoms with van der Waals surface area (Å²) in [5, 5.41) is 2.09. The minimum atomic E-state index is -0.346. The second-order valence-electron chi connectivity index (χ2n) is 8.29. The van der Waals surface area contributed by atoms with Crippen LogP contribution in [0.15, 0.2) is 114 Å². The molecule has 3 heterocycles. The number of para-hydroxylation sites is 2. The summed E-state index contributed by atoms with van der Waals surface area (Å²) in [6.45, 7) is 0. The topological polar surface area (TPSA) is 51.7 Å². The van der Waals surface area contributed by atoms with E-state index in [2.05, 4.69) is 57.9 Å². The first kappa shape index (κ1) is 18.8. The van der Waals surface area contributed by atoms with Crippen molar-refractivity contribution in [1.82, 2.24) is 18.8 Å². The van der Waals surface area contributed by atoms with Crippen LogP contribution in [0, 0.1) is 0 Å². The molecule has 0 unspecified atom stereocenters. The number of nitrogens with zero attached hydrogens (tertiary/aromatic N) is 4.